The monoisotopic (exact) mass is 482 g/mol. The van der Waals surface area contributed by atoms with Crippen molar-refractivity contribution in [2.45, 2.75) is 33.2 Å². The van der Waals surface area contributed by atoms with E-state index in [0.29, 0.717) is 43.8 Å². The van der Waals surface area contributed by atoms with Gasteiger partial charge in [-0.1, -0.05) is 36.2 Å². The molecule has 2 heterocycles. The predicted molar refractivity (Wildman–Crippen MR) is 124 cm³/mol. The van der Waals surface area contributed by atoms with Crippen LogP contribution in [0, 0.1) is 5.92 Å². The van der Waals surface area contributed by atoms with Crippen LogP contribution in [0.15, 0.2) is 23.0 Å². The lowest BCUT2D eigenvalue weighted by molar-refractivity contribution is -0.136. The van der Waals surface area contributed by atoms with Crippen molar-refractivity contribution in [1.29, 1.82) is 0 Å². The van der Waals surface area contributed by atoms with E-state index in [0.717, 1.165) is 24.2 Å². The van der Waals surface area contributed by atoms with Crippen LogP contribution in [0.5, 0.6) is 0 Å². The number of nitrogens with zero attached hydrogens (tertiary/aromatic N) is 2. The Morgan fingerprint density at radius 2 is 1.97 bits per heavy atom. The number of carbonyl (C=O) groups excluding carboxylic acids is 2. The number of benzene rings is 1. The normalized spacial score (nSPS) is 16.1. The molecule has 1 fully saturated rings. The Bertz CT molecular complexity index is 1150. The third kappa shape index (κ3) is 5.99. The molecule has 31 heavy (non-hydrogen) atoms. The number of hydrogen-bond acceptors (Lipinski definition) is 5. The number of halogens is 2. The number of amides is 1. The van der Waals surface area contributed by atoms with Crippen LogP contribution in [-0.4, -0.2) is 41.0 Å². The fourth-order valence-electron chi connectivity index (χ4n) is 3.33. The van der Waals surface area contributed by atoms with Gasteiger partial charge in [-0.2, -0.15) is 0 Å². The molecule has 0 N–H and O–H groups in total. The van der Waals surface area contributed by atoms with Crippen LogP contribution in [-0.2, 0) is 20.9 Å². The van der Waals surface area contributed by atoms with Gasteiger partial charge >= 0.3 is 5.97 Å². The molecule has 0 radical (unpaired) electrons. The Kier molecular flexibility index (Phi) is 7.97. The SMILES string of the molecule is CCOC(=O)/C=c1\s/c(=C\c2ccc(Cl)cc2Cl)c(=O)n1CC(=O)N1CCC(C)CC1. The maximum absolute atomic E-state index is 13.1. The molecule has 1 amide bonds. The minimum Gasteiger partial charge on any atom is -0.463 e. The molecule has 2 aromatic rings. The first-order chi connectivity index (χ1) is 14.8. The number of hydrogen-bond donors (Lipinski definition) is 0. The number of thiazole rings is 1. The van der Waals surface area contributed by atoms with Crippen molar-refractivity contribution < 1.29 is 14.3 Å². The van der Waals surface area contributed by atoms with E-state index in [-0.39, 0.29) is 24.6 Å². The molecule has 0 saturated carbocycles. The zero-order chi connectivity index (χ0) is 22.5. The Balaban J connectivity index is 2.02. The quantitative estimate of drug-likeness (QED) is 0.614. The molecule has 0 unspecified atom stereocenters. The van der Waals surface area contributed by atoms with E-state index in [1.807, 2.05) is 0 Å². The lowest BCUT2D eigenvalue weighted by Crippen LogP contribution is -2.43. The van der Waals surface area contributed by atoms with Crippen molar-refractivity contribution in [3.63, 3.8) is 0 Å². The Morgan fingerprint density at radius 3 is 2.61 bits per heavy atom. The molecular weight excluding hydrogens is 459 g/mol. The summed E-state index contributed by atoms with van der Waals surface area (Å²) in [5.74, 6) is -0.111. The molecular formula is C22H24Cl2N2O4S. The predicted octanol–water partition coefficient (Wildman–Crippen LogP) is 2.65. The molecule has 0 spiro atoms. The average Bonchev–Trinajstić information content (AvgIpc) is 2.99. The first-order valence-corrected chi connectivity index (χ1v) is 11.7. The third-order valence-corrected chi connectivity index (χ3v) is 6.77. The van der Waals surface area contributed by atoms with Crippen LogP contribution in [0.4, 0.5) is 0 Å². The average molecular weight is 483 g/mol. The van der Waals surface area contributed by atoms with Gasteiger partial charge < -0.3 is 9.64 Å². The van der Waals surface area contributed by atoms with Gasteiger partial charge in [0, 0.05) is 23.1 Å². The summed E-state index contributed by atoms with van der Waals surface area (Å²) < 4.78 is 7.04. The van der Waals surface area contributed by atoms with E-state index < -0.39 is 5.97 Å². The number of likely N-dealkylation sites (tertiary alicyclic amines) is 1. The van der Waals surface area contributed by atoms with Crippen LogP contribution < -0.4 is 14.8 Å². The molecule has 0 atom stereocenters. The van der Waals surface area contributed by atoms with Gasteiger partial charge in [0.05, 0.1) is 17.2 Å². The Labute approximate surface area is 194 Å². The number of esters is 1. The molecule has 1 aliphatic rings. The fraction of sp³-hybridized carbons (Fsp3) is 0.409. The number of carbonyl (C=O) groups is 2. The van der Waals surface area contributed by atoms with Gasteiger partial charge in [0.25, 0.3) is 5.56 Å². The first-order valence-electron chi connectivity index (χ1n) is 10.1. The lowest BCUT2D eigenvalue weighted by atomic mass is 9.99. The summed E-state index contributed by atoms with van der Waals surface area (Å²) >= 11 is 13.3. The maximum Gasteiger partial charge on any atom is 0.333 e. The van der Waals surface area contributed by atoms with Crippen LogP contribution in [0.25, 0.3) is 12.2 Å². The lowest BCUT2D eigenvalue weighted by Gasteiger charge is -2.30. The highest BCUT2D eigenvalue weighted by Gasteiger charge is 2.21. The molecule has 0 aliphatic carbocycles. The summed E-state index contributed by atoms with van der Waals surface area (Å²) in [5, 5.41) is 0.893. The molecule has 1 saturated heterocycles. The van der Waals surface area contributed by atoms with Crippen LogP contribution in [0.2, 0.25) is 10.0 Å². The second-order valence-corrected chi connectivity index (χ2v) is 9.37. The van der Waals surface area contributed by atoms with Crippen molar-refractivity contribution >= 4 is 58.6 Å². The first kappa shape index (κ1) is 23.6. The molecule has 0 bridgehead atoms. The summed E-state index contributed by atoms with van der Waals surface area (Å²) in [5.41, 5.74) is 0.265. The molecule has 6 nitrogen and oxygen atoms in total. The van der Waals surface area contributed by atoms with Gasteiger partial charge in [0.2, 0.25) is 5.91 Å². The standard InChI is InChI=1S/C22H24Cl2N2O4S/c1-3-30-21(28)12-20-26(13-19(27)25-8-6-14(2)7-9-25)22(29)18(31-20)10-15-4-5-16(23)11-17(15)24/h4-5,10-12,14H,3,6-9,13H2,1-2H3/b18-10-,20-12-. The Morgan fingerprint density at radius 1 is 1.26 bits per heavy atom. The van der Waals surface area contributed by atoms with Crippen LogP contribution in [0.3, 0.4) is 0 Å². The maximum atomic E-state index is 13.1. The highest BCUT2D eigenvalue weighted by Crippen LogP contribution is 2.21. The third-order valence-electron chi connectivity index (χ3n) is 5.14. The van der Waals surface area contributed by atoms with Crippen molar-refractivity contribution in [3.05, 3.63) is 53.4 Å². The van der Waals surface area contributed by atoms with Crippen LogP contribution >= 0.6 is 34.5 Å². The van der Waals surface area contributed by atoms with Gasteiger partial charge in [-0.3, -0.25) is 14.2 Å². The molecule has 166 valence electrons. The molecule has 1 aromatic heterocycles. The fourth-order valence-corrected chi connectivity index (χ4v) is 4.82. The zero-order valence-corrected chi connectivity index (χ0v) is 19.7. The van der Waals surface area contributed by atoms with Crippen molar-refractivity contribution in [3.8, 4) is 0 Å². The number of piperidine rings is 1. The molecule has 1 aromatic carbocycles. The topological polar surface area (TPSA) is 68.6 Å². The Hall–Kier alpha value is -2.09. The second kappa shape index (κ2) is 10.5. The van der Waals surface area contributed by atoms with E-state index >= 15 is 0 Å². The summed E-state index contributed by atoms with van der Waals surface area (Å²) in [6.07, 6.45) is 4.78. The molecule has 1 aliphatic heterocycles. The van der Waals surface area contributed by atoms with Gasteiger partial charge in [-0.05, 0) is 49.5 Å². The minimum atomic E-state index is -0.562. The highest BCUT2D eigenvalue weighted by atomic mass is 35.5. The van der Waals surface area contributed by atoms with Crippen molar-refractivity contribution in [2.24, 2.45) is 5.92 Å². The summed E-state index contributed by atoms with van der Waals surface area (Å²) in [6, 6.07) is 4.98. The number of rotatable bonds is 5. The van der Waals surface area contributed by atoms with Crippen molar-refractivity contribution in [1.82, 2.24) is 9.47 Å². The van der Waals surface area contributed by atoms with Gasteiger partial charge in [0.15, 0.2) is 0 Å². The van der Waals surface area contributed by atoms with Gasteiger partial charge in [-0.15, -0.1) is 11.3 Å². The van der Waals surface area contributed by atoms with Gasteiger partial charge in [0.1, 0.15) is 11.2 Å². The van der Waals surface area contributed by atoms with E-state index in [2.05, 4.69) is 6.92 Å². The highest BCUT2D eigenvalue weighted by molar-refractivity contribution is 7.07. The zero-order valence-electron chi connectivity index (χ0n) is 17.4. The largest absolute Gasteiger partial charge is 0.463 e. The second-order valence-electron chi connectivity index (χ2n) is 7.47. The van der Waals surface area contributed by atoms with E-state index in [9.17, 15) is 14.4 Å². The van der Waals surface area contributed by atoms with Crippen LogP contribution in [0.1, 0.15) is 32.3 Å². The van der Waals surface area contributed by atoms with Crippen molar-refractivity contribution in [2.75, 3.05) is 19.7 Å². The molecule has 9 heteroatoms. The van der Waals surface area contributed by atoms with Gasteiger partial charge in [-0.25, -0.2) is 4.79 Å². The number of aromatic nitrogens is 1. The summed E-state index contributed by atoms with van der Waals surface area (Å²) in [4.78, 5) is 39.8. The minimum absolute atomic E-state index is 0.128. The molecule has 3 rings (SSSR count). The van der Waals surface area contributed by atoms with E-state index in [1.54, 1.807) is 36.1 Å². The number of ether oxygens (including phenoxy) is 1. The summed E-state index contributed by atoms with van der Waals surface area (Å²) in [7, 11) is 0. The smallest absolute Gasteiger partial charge is 0.333 e. The van der Waals surface area contributed by atoms with E-state index in [1.165, 1.54) is 10.6 Å². The van der Waals surface area contributed by atoms with E-state index in [4.69, 9.17) is 27.9 Å². The summed E-state index contributed by atoms with van der Waals surface area (Å²) in [6.45, 7) is 5.31.